The molecule has 4 aromatic rings. The molecule has 31 heavy (non-hydrogen) atoms. The lowest BCUT2D eigenvalue weighted by atomic mass is 9.97. The first-order valence-corrected chi connectivity index (χ1v) is 11.1. The Bertz CT molecular complexity index is 1260. The molecule has 4 heteroatoms. The zero-order valence-electron chi connectivity index (χ0n) is 17.9. The Balaban J connectivity index is 1.51. The molecule has 0 saturated heterocycles. The van der Waals surface area contributed by atoms with Gasteiger partial charge >= 0.3 is 0 Å². The molecule has 0 amide bonds. The smallest absolute Gasteiger partial charge is 0.257 e. The molecule has 0 saturated carbocycles. The number of fused-ring (bicyclic) bond motifs is 3. The molecular weight excluding hydrogens is 382 g/mol. The zero-order chi connectivity index (χ0) is 21.2. The van der Waals surface area contributed by atoms with Crippen LogP contribution < -0.4 is 5.56 Å². The van der Waals surface area contributed by atoms with Gasteiger partial charge in [0.15, 0.2) is 0 Å². The van der Waals surface area contributed by atoms with E-state index in [9.17, 15) is 4.79 Å². The number of hydrogen-bond acceptors (Lipinski definition) is 3. The zero-order valence-corrected chi connectivity index (χ0v) is 17.9. The first-order chi connectivity index (χ1) is 15.2. The largest absolute Gasteiger partial charge is 0.294 e. The third-order valence-electron chi connectivity index (χ3n) is 6.32. The van der Waals surface area contributed by atoms with Crippen molar-refractivity contribution >= 4 is 11.0 Å². The number of rotatable bonds is 5. The van der Waals surface area contributed by atoms with Crippen LogP contribution in [0, 0.1) is 0 Å². The molecule has 1 aliphatic rings. The predicted octanol–water partition coefficient (Wildman–Crippen LogP) is 4.57. The van der Waals surface area contributed by atoms with E-state index in [4.69, 9.17) is 0 Å². The Hall–Kier alpha value is -3.24. The summed E-state index contributed by atoms with van der Waals surface area (Å²) in [6, 6.07) is 23.1. The number of nitrogens with zero attached hydrogens (tertiary/aromatic N) is 3. The fourth-order valence-electron chi connectivity index (χ4n) is 4.61. The van der Waals surface area contributed by atoms with Crippen LogP contribution in [0.25, 0.3) is 11.0 Å². The monoisotopic (exact) mass is 409 g/mol. The third kappa shape index (κ3) is 3.91. The van der Waals surface area contributed by atoms with Crippen molar-refractivity contribution in [2.75, 3.05) is 6.54 Å². The Morgan fingerprint density at radius 2 is 1.58 bits per heavy atom. The molecule has 0 aliphatic carbocycles. The number of pyridine rings is 2. The molecule has 0 bridgehead atoms. The van der Waals surface area contributed by atoms with Crippen LogP contribution in [0.15, 0.2) is 77.7 Å². The van der Waals surface area contributed by atoms with Gasteiger partial charge in [-0.25, -0.2) is 4.98 Å². The number of aromatic nitrogens is 2. The van der Waals surface area contributed by atoms with Crippen molar-refractivity contribution in [2.45, 2.75) is 39.4 Å². The highest BCUT2D eigenvalue weighted by Gasteiger charge is 2.24. The van der Waals surface area contributed by atoms with Gasteiger partial charge in [-0.3, -0.25) is 14.3 Å². The molecule has 1 aliphatic heterocycles. The summed E-state index contributed by atoms with van der Waals surface area (Å²) in [7, 11) is 0. The van der Waals surface area contributed by atoms with Crippen molar-refractivity contribution in [3.63, 3.8) is 0 Å². The van der Waals surface area contributed by atoms with Crippen molar-refractivity contribution in [1.29, 1.82) is 0 Å². The summed E-state index contributed by atoms with van der Waals surface area (Å²) in [5.74, 6) is 0. The van der Waals surface area contributed by atoms with Gasteiger partial charge < -0.3 is 0 Å². The van der Waals surface area contributed by atoms with Gasteiger partial charge in [0.05, 0.1) is 6.54 Å². The van der Waals surface area contributed by atoms with Crippen molar-refractivity contribution in [3.8, 4) is 0 Å². The van der Waals surface area contributed by atoms with E-state index < -0.39 is 0 Å². The molecule has 0 atom stereocenters. The average molecular weight is 410 g/mol. The predicted molar refractivity (Wildman–Crippen MR) is 125 cm³/mol. The molecule has 2 aromatic carbocycles. The maximum atomic E-state index is 13.6. The van der Waals surface area contributed by atoms with Gasteiger partial charge in [0.1, 0.15) is 5.65 Å². The van der Waals surface area contributed by atoms with E-state index in [1.54, 1.807) is 6.20 Å². The van der Waals surface area contributed by atoms with Crippen LogP contribution in [0.2, 0.25) is 0 Å². The van der Waals surface area contributed by atoms with Crippen LogP contribution in [0.5, 0.6) is 0 Å². The number of hydrogen-bond donors (Lipinski definition) is 0. The van der Waals surface area contributed by atoms with Crippen LogP contribution in [0.1, 0.15) is 34.7 Å². The van der Waals surface area contributed by atoms with Crippen molar-refractivity contribution in [1.82, 2.24) is 14.5 Å². The minimum Gasteiger partial charge on any atom is -0.294 e. The maximum Gasteiger partial charge on any atom is 0.257 e. The summed E-state index contributed by atoms with van der Waals surface area (Å²) in [4.78, 5) is 20.6. The Morgan fingerprint density at radius 3 is 2.35 bits per heavy atom. The summed E-state index contributed by atoms with van der Waals surface area (Å²) in [5.41, 5.74) is 6.75. The van der Waals surface area contributed by atoms with E-state index in [0.717, 1.165) is 48.1 Å². The van der Waals surface area contributed by atoms with Gasteiger partial charge in [-0.2, -0.15) is 0 Å². The Labute approximate surface area is 182 Å². The summed E-state index contributed by atoms with van der Waals surface area (Å²) >= 11 is 0. The minimum atomic E-state index is 0.0936. The first kappa shape index (κ1) is 19.7. The summed E-state index contributed by atoms with van der Waals surface area (Å²) in [6.07, 6.45) is 3.72. The molecule has 0 N–H and O–H groups in total. The van der Waals surface area contributed by atoms with Crippen LogP contribution >= 0.6 is 0 Å². The molecule has 0 radical (unpaired) electrons. The van der Waals surface area contributed by atoms with E-state index in [1.165, 1.54) is 16.7 Å². The van der Waals surface area contributed by atoms with E-state index >= 15 is 0 Å². The number of benzene rings is 2. The van der Waals surface area contributed by atoms with Gasteiger partial charge in [-0.1, -0.05) is 61.5 Å². The normalized spacial score (nSPS) is 14.0. The van der Waals surface area contributed by atoms with Crippen LogP contribution in [0.4, 0.5) is 0 Å². The standard InChI is InChI=1S/C27H27N3O/c1-2-20-10-12-22(13-11-20)17-29-16-14-23-24-9-6-15-28-26(24)30(27(31)25(23)19-29)18-21-7-4-3-5-8-21/h3-13,15H,2,14,16-19H2,1H3. The van der Waals surface area contributed by atoms with Crippen molar-refractivity contribution < 1.29 is 0 Å². The highest BCUT2D eigenvalue weighted by molar-refractivity contribution is 5.80. The SMILES string of the molecule is CCc1ccc(CN2CCc3c(c(=O)n(Cc4ccccc4)c4ncccc34)C2)cc1. The van der Waals surface area contributed by atoms with Gasteiger partial charge in [0.25, 0.3) is 5.56 Å². The maximum absolute atomic E-state index is 13.6. The molecule has 4 nitrogen and oxygen atoms in total. The lowest BCUT2D eigenvalue weighted by Gasteiger charge is -2.30. The van der Waals surface area contributed by atoms with E-state index in [2.05, 4.69) is 59.3 Å². The van der Waals surface area contributed by atoms with Gasteiger partial charge in [-0.05, 0) is 47.2 Å². The lowest BCUT2D eigenvalue weighted by molar-refractivity contribution is 0.244. The molecular formula is C27H27N3O. The van der Waals surface area contributed by atoms with Gasteiger partial charge in [0, 0.05) is 36.8 Å². The summed E-state index contributed by atoms with van der Waals surface area (Å²) in [6.45, 7) is 5.22. The highest BCUT2D eigenvalue weighted by atomic mass is 16.1. The first-order valence-electron chi connectivity index (χ1n) is 11.1. The molecule has 5 rings (SSSR count). The Morgan fingerprint density at radius 1 is 0.839 bits per heavy atom. The third-order valence-corrected chi connectivity index (χ3v) is 6.32. The van der Waals surface area contributed by atoms with Crippen molar-refractivity contribution in [2.24, 2.45) is 0 Å². The second-order valence-corrected chi connectivity index (χ2v) is 8.34. The van der Waals surface area contributed by atoms with E-state index in [1.807, 2.05) is 28.8 Å². The van der Waals surface area contributed by atoms with Crippen LogP contribution in [-0.2, 0) is 32.5 Å². The molecule has 0 unspecified atom stereocenters. The quantitative estimate of drug-likeness (QED) is 0.485. The second kappa shape index (κ2) is 8.48. The fraction of sp³-hybridized carbons (Fsp3) is 0.259. The van der Waals surface area contributed by atoms with Gasteiger partial charge in [0.2, 0.25) is 0 Å². The van der Waals surface area contributed by atoms with E-state index in [0.29, 0.717) is 13.1 Å². The summed E-state index contributed by atoms with van der Waals surface area (Å²) < 4.78 is 1.85. The topological polar surface area (TPSA) is 38.1 Å². The minimum absolute atomic E-state index is 0.0936. The van der Waals surface area contributed by atoms with Gasteiger partial charge in [-0.15, -0.1) is 0 Å². The molecule has 3 heterocycles. The number of aryl methyl sites for hydroxylation is 1. The second-order valence-electron chi connectivity index (χ2n) is 8.34. The average Bonchev–Trinajstić information content (AvgIpc) is 2.83. The fourth-order valence-corrected chi connectivity index (χ4v) is 4.61. The van der Waals surface area contributed by atoms with E-state index in [-0.39, 0.29) is 5.56 Å². The Kier molecular flexibility index (Phi) is 5.39. The van der Waals surface area contributed by atoms with Crippen molar-refractivity contribution in [3.05, 3.63) is 111 Å². The lowest BCUT2D eigenvalue weighted by Crippen LogP contribution is -2.37. The molecule has 0 fully saturated rings. The van der Waals surface area contributed by atoms with Crippen LogP contribution in [0.3, 0.4) is 0 Å². The summed E-state index contributed by atoms with van der Waals surface area (Å²) in [5, 5.41) is 1.11. The highest BCUT2D eigenvalue weighted by Crippen LogP contribution is 2.25. The molecule has 156 valence electrons. The molecule has 0 spiro atoms. The van der Waals surface area contributed by atoms with Crippen LogP contribution in [-0.4, -0.2) is 21.0 Å². The molecule has 2 aromatic heterocycles.